The van der Waals surface area contributed by atoms with Gasteiger partial charge < -0.3 is 15.5 Å². The molecule has 0 aromatic heterocycles. The van der Waals surface area contributed by atoms with Gasteiger partial charge in [-0.25, -0.2) is 4.79 Å². The summed E-state index contributed by atoms with van der Waals surface area (Å²) in [6, 6.07) is 13.0. The number of rotatable bonds is 5. The van der Waals surface area contributed by atoms with Crippen LogP contribution < -0.4 is 10.6 Å². The fourth-order valence-corrected chi connectivity index (χ4v) is 3.31. The second-order valence-electron chi connectivity index (χ2n) is 6.83. The number of nitrogens with zero attached hydrogens (tertiary/aromatic N) is 2. The van der Waals surface area contributed by atoms with Gasteiger partial charge in [-0.1, -0.05) is 47.5 Å². The second kappa shape index (κ2) is 9.42. The van der Waals surface area contributed by atoms with Gasteiger partial charge in [-0.05, 0) is 36.4 Å². The Hall–Kier alpha value is -1.79. The van der Waals surface area contributed by atoms with Crippen LogP contribution in [0.4, 0.5) is 10.5 Å². The average Bonchev–Trinajstić information content (AvgIpc) is 2.66. The smallest absolute Gasteiger partial charge is 0.319 e. The highest BCUT2D eigenvalue weighted by Gasteiger charge is 2.13. The van der Waals surface area contributed by atoms with E-state index >= 15 is 0 Å². The van der Waals surface area contributed by atoms with E-state index < -0.39 is 0 Å². The molecule has 1 heterocycles. The van der Waals surface area contributed by atoms with E-state index in [1.165, 1.54) is 5.56 Å². The lowest BCUT2D eigenvalue weighted by Gasteiger charge is -2.32. The molecule has 2 amide bonds. The molecule has 1 saturated heterocycles. The highest BCUT2D eigenvalue weighted by molar-refractivity contribution is 6.35. The third kappa shape index (κ3) is 6.11. The summed E-state index contributed by atoms with van der Waals surface area (Å²) in [6.07, 6.45) is 0. The molecule has 0 saturated carbocycles. The number of anilines is 1. The number of carbonyl (C=O) groups excluding carboxylic acids is 1. The summed E-state index contributed by atoms with van der Waals surface area (Å²) in [7, 11) is 2.16. The topological polar surface area (TPSA) is 47.6 Å². The lowest BCUT2D eigenvalue weighted by Crippen LogP contribution is -2.43. The Morgan fingerprint density at radius 3 is 2.37 bits per heavy atom. The number of urea groups is 1. The largest absolute Gasteiger partial charge is 0.334 e. The first-order chi connectivity index (χ1) is 13.0. The number of carbonyl (C=O) groups is 1. The van der Waals surface area contributed by atoms with E-state index in [1.807, 2.05) is 0 Å². The number of hydrogen-bond donors (Lipinski definition) is 2. The maximum atomic E-state index is 12.1. The number of halogens is 2. The molecule has 0 radical (unpaired) electrons. The molecule has 0 spiro atoms. The maximum absolute atomic E-state index is 12.1. The molecule has 1 aliphatic rings. The Labute approximate surface area is 170 Å². The van der Waals surface area contributed by atoms with Gasteiger partial charge in [0.25, 0.3) is 0 Å². The molecule has 0 unspecified atom stereocenters. The highest BCUT2D eigenvalue weighted by atomic mass is 35.5. The lowest BCUT2D eigenvalue weighted by molar-refractivity contribution is 0.148. The summed E-state index contributed by atoms with van der Waals surface area (Å²) in [4.78, 5) is 16.9. The molecule has 27 heavy (non-hydrogen) atoms. The lowest BCUT2D eigenvalue weighted by atomic mass is 10.1. The third-order valence-corrected chi connectivity index (χ3v) is 5.22. The van der Waals surface area contributed by atoms with Gasteiger partial charge in [-0.15, -0.1) is 0 Å². The molecule has 5 nitrogen and oxygen atoms in total. The van der Waals surface area contributed by atoms with Crippen LogP contribution in [0.2, 0.25) is 10.0 Å². The number of nitrogens with one attached hydrogen (secondary N) is 2. The Morgan fingerprint density at radius 1 is 1.00 bits per heavy atom. The Bertz CT molecular complexity index is 774. The highest BCUT2D eigenvalue weighted by Crippen LogP contribution is 2.25. The van der Waals surface area contributed by atoms with Gasteiger partial charge in [0.15, 0.2) is 0 Å². The molecule has 3 rings (SSSR count). The minimum absolute atomic E-state index is 0.319. The maximum Gasteiger partial charge on any atom is 0.319 e. The van der Waals surface area contributed by atoms with Crippen molar-refractivity contribution in [3.63, 3.8) is 0 Å². The van der Waals surface area contributed by atoms with Gasteiger partial charge in [-0.3, -0.25) is 4.90 Å². The van der Waals surface area contributed by atoms with E-state index in [0.717, 1.165) is 38.3 Å². The van der Waals surface area contributed by atoms with Crippen LogP contribution in [0.25, 0.3) is 0 Å². The molecule has 144 valence electrons. The molecule has 2 aromatic rings. The van der Waals surface area contributed by atoms with Crippen LogP contribution in [0.15, 0.2) is 42.5 Å². The van der Waals surface area contributed by atoms with Crippen molar-refractivity contribution in [3.05, 3.63) is 63.6 Å². The van der Waals surface area contributed by atoms with Crippen molar-refractivity contribution in [2.24, 2.45) is 0 Å². The molecule has 2 N–H and O–H groups in total. The molecule has 1 fully saturated rings. The van der Waals surface area contributed by atoms with Gasteiger partial charge in [0, 0.05) is 44.3 Å². The average molecular weight is 407 g/mol. The summed E-state index contributed by atoms with van der Waals surface area (Å²) in [5, 5.41) is 6.51. The molecule has 0 atom stereocenters. The summed E-state index contributed by atoms with van der Waals surface area (Å²) >= 11 is 12.0. The SMILES string of the molecule is CN1CCN(Cc2ccc(CNC(=O)Nc3cc(Cl)ccc3Cl)cc2)CC1. The van der Waals surface area contributed by atoms with Crippen LogP contribution in [0, 0.1) is 0 Å². The van der Waals surface area contributed by atoms with E-state index in [2.05, 4.69) is 51.7 Å². The van der Waals surface area contributed by atoms with Crippen LogP contribution in [0.1, 0.15) is 11.1 Å². The minimum atomic E-state index is -0.319. The summed E-state index contributed by atoms with van der Waals surface area (Å²) in [5.41, 5.74) is 2.83. The van der Waals surface area contributed by atoms with E-state index in [1.54, 1.807) is 18.2 Å². The number of hydrogen-bond acceptors (Lipinski definition) is 3. The monoisotopic (exact) mass is 406 g/mol. The second-order valence-corrected chi connectivity index (χ2v) is 7.67. The van der Waals surface area contributed by atoms with Crippen molar-refractivity contribution < 1.29 is 4.79 Å². The van der Waals surface area contributed by atoms with Crippen LogP contribution >= 0.6 is 23.2 Å². The predicted molar refractivity (Wildman–Crippen MR) is 112 cm³/mol. The quantitative estimate of drug-likeness (QED) is 0.786. The molecular formula is C20H24Cl2N4O. The van der Waals surface area contributed by atoms with E-state index in [4.69, 9.17) is 23.2 Å². The first kappa shape index (κ1) is 20.0. The molecule has 2 aromatic carbocycles. The Morgan fingerprint density at radius 2 is 1.67 bits per heavy atom. The molecule has 0 bridgehead atoms. The number of likely N-dealkylation sites (N-methyl/N-ethyl adjacent to an activating group) is 1. The standard InChI is InChI=1S/C20H24Cl2N4O/c1-25-8-10-26(11-9-25)14-16-4-2-15(3-5-16)13-23-20(27)24-19-12-17(21)6-7-18(19)22/h2-7,12H,8-11,13-14H2,1H3,(H2,23,24,27). The van der Waals surface area contributed by atoms with Gasteiger partial charge in [0.1, 0.15) is 0 Å². The zero-order valence-corrected chi connectivity index (χ0v) is 16.9. The van der Waals surface area contributed by atoms with Gasteiger partial charge >= 0.3 is 6.03 Å². The molecule has 1 aliphatic heterocycles. The summed E-state index contributed by atoms with van der Waals surface area (Å²) in [6.45, 7) is 5.85. The van der Waals surface area contributed by atoms with Crippen LogP contribution in [0.5, 0.6) is 0 Å². The Balaban J connectivity index is 1.47. The normalized spacial score (nSPS) is 15.5. The zero-order chi connectivity index (χ0) is 19.2. The summed E-state index contributed by atoms with van der Waals surface area (Å²) < 4.78 is 0. The minimum Gasteiger partial charge on any atom is -0.334 e. The van der Waals surface area contributed by atoms with E-state index in [9.17, 15) is 4.79 Å². The molecule has 7 heteroatoms. The first-order valence-corrected chi connectivity index (χ1v) is 9.74. The number of benzene rings is 2. The van der Waals surface area contributed by atoms with E-state index in [-0.39, 0.29) is 6.03 Å². The van der Waals surface area contributed by atoms with Crippen molar-refractivity contribution in [3.8, 4) is 0 Å². The summed E-state index contributed by atoms with van der Waals surface area (Å²) in [5.74, 6) is 0. The Kier molecular flexibility index (Phi) is 6.96. The van der Waals surface area contributed by atoms with Crippen molar-refractivity contribution in [2.75, 3.05) is 38.5 Å². The molecule has 0 aliphatic carbocycles. The zero-order valence-electron chi connectivity index (χ0n) is 15.3. The fourth-order valence-electron chi connectivity index (χ4n) is 2.97. The van der Waals surface area contributed by atoms with Crippen molar-refractivity contribution in [2.45, 2.75) is 13.1 Å². The predicted octanol–water partition coefficient (Wildman–Crippen LogP) is 4.06. The fraction of sp³-hybridized carbons (Fsp3) is 0.350. The van der Waals surface area contributed by atoms with Gasteiger partial charge in [0.05, 0.1) is 10.7 Å². The number of amides is 2. The van der Waals surface area contributed by atoms with Crippen LogP contribution in [-0.2, 0) is 13.1 Å². The third-order valence-electron chi connectivity index (χ3n) is 4.65. The first-order valence-electron chi connectivity index (χ1n) is 8.98. The van der Waals surface area contributed by atoms with Crippen molar-refractivity contribution in [1.82, 2.24) is 15.1 Å². The van der Waals surface area contributed by atoms with Gasteiger partial charge in [-0.2, -0.15) is 0 Å². The number of piperazine rings is 1. The van der Waals surface area contributed by atoms with Gasteiger partial charge in [0.2, 0.25) is 0 Å². The van der Waals surface area contributed by atoms with Crippen LogP contribution in [-0.4, -0.2) is 49.1 Å². The molecular weight excluding hydrogens is 383 g/mol. The van der Waals surface area contributed by atoms with Crippen LogP contribution in [0.3, 0.4) is 0 Å². The van der Waals surface area contributed by atoms with Crippen molar-refractivity contribution in [1.29, 1.82) is 0 Å². The van der Waals surface area contributed by atoms with Crippen molar-refractivity contribution >= 4 is 34.9 Å². The van der Waals surface area contributed by atoms with E-state index in [0.29, 0.717) is 22.3 Å².